The second kappa shape index (κ2) is 5.63. The van der Waals surface area contributed by atoms with Crippen LogP contribution >= 0.6 is 22.9 Å². The Balaban J connectivity index is 1.94. The molecule has 17 heavy (non-hydrogen) atoms. The molecule has 0 saturated carbocycles. The van der Waals surface area contributed by atoms with E-state index in [1.807, 2.05) is 31.2 Å². The first-order valence-electron chi connectivity index (χ1n) is 5.55. The number of nitrogens with one attached hydrogen (secondary N) is 1. The van der Waals surface area contributed by atoms with E-state index in [2.05, 4.69) is 22.6 Å². The van der Waals surface area contributed by atoms with Gasteiger partial charge in [0.25, 0.3) is 0 Å². The van der Waals surface area contributed by atoms with Crippen LogP contribution in [0.3, 0.4) is 0 Å². The van der Waals surface area contributed by atoms with E-state index < -0.39 is 0 Å². The van der Waals surface area contributed by atoms with Gasteiger partial charge in [-0.2, -0.15) is 0 Å². The van der Waals surface area contributed by atoms with Crippen molar-refractivity contribution in [3.05, 3.63) is 50.9 Å². The lowest BCUT2D eigenvalue weighted by Crippen LogP contribution is -2.18. The number of hydrogen-bond donors (Lipinski definition) is 1. The fourth-order valence-corrected chi connectivity index (χ4v) is 2.61. The molecule has 0 bridgehead atoms. The minimum atomic E-state index is 0.293. The Kier molecular flexibility index (Phi) is 4.15. The molecule has 2 nitrogen and oxygen atoms in total. The molecular formula is C13H15ClN2S. The van der Waals surface area contributed by atoms with Gasteiger partial charge in [-0.15, -0.1) is 11.3 Å². The molecule has 2 rings (SSSR count). The van der Waals surface area contributed by atoms with Crippen molar-refractivity contribution in [2.45, 2.75) is 26.4 Å². The molecule has 0 aromatic carbocycles. The van der Waals surface area contributed by atoms with E-state index in [0.717, 1.165) is 22.3 Å². The van der Waals surface area contributed by atoms with Crippen LogP contribution in [0.25, 0.3) is 0 Å². The van der Waals surface area contributed by atoms with Gasteiger partial charge < -0.3 is 5.32 Å². The first-order valence-corrected chi connectivity index (χ1v) is 6.81. The summed E-state index contributed by atoms with van der Waals surface area (Å²) in [7, 11) is 0. The van der Waals surface area contributed by atoms with Gasteiger partial charge in [0, 0.05) is 18.3 Å². The zero-order valence-electron chi connectivity index (χ0n) is 9.90. The Morgan fingerprint density at radius 2 is 2.29 bits per heavy atom. The summed E-state index contributed by atoms with van der Waals surface area (Å²) < 4.78 is 0.835. The number of pyridine rings is 1. The summed E-state index contributed by atoms with van der Waals surface area (Å²) in [5.41, 5.74) is 3.35. The molecule has 0 aliphatic carbocycles. The van der Waals surface area contributed by atoms with Gasteiger partial charge in [0.05, 0.1) is 10.0 Å². The SMILES string of the molecule is Cc1cccc(CNC(C)c2csc(Cl)c2)n1. The topological polar surface area (TPSA) is 24.9 Å². The van der Waals surface area contributed by atoms with Crippen LogP contribution in [-0.4, -0.2) is 4.98 Å². The molecule has 0 saturated heterocycles. The number of halogens is 1. The average molecular weight is 267 g/mol. The minimum absolute atomic E-state index is 0.293. The summed E-state index contributed by atoms with van der Waals surface area (Å²) in [5.74, 6) is 0. The number of aromatic nitrogens is 1. The molecule has 2 aromatic heterocycles. The van der Waals surface area contributed by atoms with Crippen LogP contribution in [0.5, 0.6) is 0 Å². The number of rotatable bonds is 4. The van der Waals surface area contributed by atoms with Crippen LogP contribution in [0, 0.1) is 6.92 Å². The van der Waals surface area contributed by atoms with Crippen molar-refractivity contribution < 1.29 is 0 Å². The van der Waals surface area contributed by atoms with Crippen LogP contribution < -0.4 is 5.32 Å². The average Bonchev–Trinajstić information content (AvgIpc) is 2.73. The van der Waals surface area contributed by atoms with E-state index in [1.165, 1.54) is 5.56 Å². The molecular weight excluding hydrogens is 252 g/mol. The molecule has 0 fully saturated rings. The van der Waals surface area contributed by atoms with Gasteiger partial charge in [-0.25, -0.2) is 0 Å². The molecule has 0 radical (unpaired) electrons. The maximum absolute atomic E-state index is 5.92. The monoisotopic (exact) mass is 266 g/mol. The Morgan fingerprint density at radius 3 is 2.94 bits per heavy atom. The Bertz CT molecular complexity index is 496. The normalized spacial score (nSPS) is 12.6. The highest BCUT2D eigenvalue weighted by Crippen LogP contribution is 2.24. The Labute approximate surface area is 111 Å². The summed E-state index contributed by atoms with van der Waals surface area (Å²) in [5, 5.41) is 5.53. The molecule has 1 unspecified atom stereocenters. The maximum atomic E-state index is 5.92. The largest absolute Gasteiger partial charge is 0.305 e. The van der Waals surface area contributed by atoms with E-state index in [-0.39, 0.29) is 0 Å². The van der Waals surface area contributed by atoms with Crippen molar-refractivity contribution in [2.75, 3.05) is 0 Å². The molecule has 2 heterocycles. The van der Waals surface area contributed by atoms with Crippen molar-refractivity contribution in [2.24, 2.45) is 0 Å². The smallest absolute Gasteiger partial charge is 0.0931 e. The molecule has 0 spiro atoms. The third-order valence-corrected chi connectivity index (χ3v) is 3.73. The number of nitrogens with zero attached hydrogens (tertiary/aromatic N) is 1. The summed E-state index contributed by atoms with van der Waals surface area (Å²) in [4.78, 5) is 4.46. The predicted octanol–water partition coefficient (Wildman–Crippen LogP) is 3.96. The molecule has 2 aromatic rings. The van der Waals surface area contributed by atoms with Crippen molar-refractivity contribution in [1.29, 1.82) is 0 Å². The third-order valence-electron chi connectivity index (χ3n) is 2.62. The van der Waals surface area contributed by atoms with Gasteiger partial charge in [-0.05, 0) is 43.0 Å². The molecule has 1 N–H and O–H groups in total. The molecule has 0 aliphatic heterocycles. The highest BCUT2D eigenvalue weighted by atomic mass is 35.5. The molecule has 0 aliphatic rings. The zero-order valence-corrected chi connectivity index (χ0v) is 11.5. The Morgan fingerprint density at radius 1 is 1.47 bits per heavy atom. The standard InChI is InChI=1S/C13H15ClN2S/c1-9-4-3-5-12(16-9)7-15-10(2)11-6-13(14)17-8-11/h3-6,8,10,15H,7H2,1-2H3. The summed E-state index contributed by atoms with van der Waals surface area (Å²) >= 11 is 7.49. The first-order chi connectivity index (χ1) is 8.15. The Hall–Kier alpha value is -0.900. The van der Waals surface area contributed by atoms with Crippen molar-refractivity contribution in [3.8, 4) is 0 Å². The summed E-state index contributed by atoms with van der Waals surface area (Å²) in [6.07, 6.45) is 0. The summed E-state index contributed by atoms with van der Waals surface area (Å²) in [6, 6.07) is 8.37. The maximum Gasteiger partial charge on any atom is 0.0931 e. The van der Waals surface area contributed by atoms with Gasteiger partial charge in [-0.1, -0.05) is 17.7 Å². The van der Waals surface area contributed by atoms with Crippen LogP contribution in [0.4, 0.5) is 0 Å². The number of hydrogen-bond acceptors (Lipinski definition) is 3. The van der Waals surface area contributed by atoms with Gasteiger partial charge in [0.15, 0.2) is 0 Å². The van der Waals surface area contributed by atoms with Gasteiger partial charge in [-0.3, -0.25) is 4.98 Å². The van der Waals surface area contributed by atoms with Gasteiger partial charge >= 0.3 is 0 Å². The molecule has 1 atom stereocenters. The number of aryl methyl sites for hydroxylation is 1. The van der Waals surface area contributed by atoms with Gasteiger partial charge in [0.1, 0.15) is 0 Å². The van der Waals surface area contributed by atoms with Crippen molar-refractivity contribution in [1.82, 2.24) is 10.3 Å². The van der Waals surface area contributed by atoms with Crippen LogP contribution in [0.15, 0.2) is 29.6 Å². The lowest BCUT2D eigenvalue weighted by atomic mass is 10.2. The minimum Gasteiger partial charge on any atom is -0.305 e. The van der Waals surface area contributed by atoms with E-state index in [1.54, 1.807) is 11.3 Å². The van der Waals surface area contributed by atoms with Crippen LogP contribution in [0.1, 0.15) is 29.9 Å². The van der Waals surface area contributed by atoms with E-state index in [9.17, 15) is 0 Å². The second-order valence-electron chi connectivity index (χ2n) is 4.06. The predicted molar refractivity (Wildman–Crippen MR) is 73.6 cm³/mol. The third kappa shape index (κ3) is 3.53. The highest BCUT2D eigenvalue weighted by Gasteiger charge is 2.07. The fraction of sp³-hybridized carbons (Fsp3) is 0.308. The van der Waals surface area contributed by atoms with E-state index in [0.29, 0.717) is 6.04 Å². The van der Waals surface area contributed by atoms with Crippen molar-refractivity contribution in [3.63, 3.8) is 0 Å². The van der Waals surface area contributed by atoms with Crippen LogP contribution in [0.2, 0.25) is 4.34 Å². The van der Waals surface area contributed by atoms with Crippen molar-refractivity contribution >= 4 is 22.9 Å². The van der Waals surface area contributed by atoms with E-state index >= 15 is 0 Å². The zero-order chi connectivity index (χ0) is 12.3. The molecule has 4 heteroatoms. The number of thiophene rings is 1. The molecule has 90 valence electrons. The summed E-state index contributed by atoms with van der Waals surface area (Å²) in [6.45, 7) is 4.91. The molecule has 0 amide bonds. The highest BCUT2D eigenvalue weighted by molar-refractivity contribution is 7.14. The lowest BCUT2D eigenvalue weighted by Gasteiger charge is -2.12. The fourth-order valence-electron chi connectivity index (χ4n) is 1.62. The lowest BCUT2D eigenvalue weighted by molar-refractivity contribution is 0.568. The first kappa shape index (κ1) is 12.6. The second-order valence-corrected chi connectivity index (χ2v) is 5.60. The van der Waals surface area contributed by atoms with Gasteiger partial charge in [0.2, 0.25) is 0 Å². The van der Waals surface area contributed by atoms with Crippen LogP contribution in [-0.2, 0) is 6.54 Å². The quantitative estimate of drug-likeness (QED) is 0.906. The van der Waals surface area contributed by atoms with E-state index in [4.69, 9.17) is 11.6 Å².